The van der Waals surface area contributed by atoms with Crippen LogP contribution in [0, 0.1) is 6.92 Å². The van der Waals surface area contributed by atoms with E-state index in [0.717, 1.165) is 82.3 Å². The van der Waals surface area contributed by atoms with Gasteiger partial charge < -0.3 is 19.5 Å². The predicted molar refractivity (Wildman–Crippen MR) is 115 cm³/mol. The highest BCUT2D eigenvalue weighted by Crippen LogP contribution is 2.29. The molecule has 2 fully saturated rings. The molecule has 0 saturated carbocycles. The summed E-state index contributed by atoms with van der Waals surface area (Å²) in [5, 5.41) is 12.0. The summed E-state index contributed by atoms with van der Waals surface area (Å²) in [7, 11) is 2.00. The van der Waals surface area contributed by atoms with Crippen molar-refractivity contribution < 1.29 is 4.74 Å². The van der Waals surface area contributed by atoms with Gasteiger partial charge in [-0.05, 0) is 33.7 Å². The quantitative estimate of drug-likeness (QED) is 0.429. The third-order valence-electron chi connectivity index (χ3n) is 5.32. The Hall–Kier alpha value is -1.32. The summed E-state index contributed by atoms with van der Waals surface area (Å²) in [6.45, 7) is 15.0. The van der Waals surface area contributed by atoms with Gasteiger partial charge in [-0.2, -0.15) is 11.8 Å². The standard InChI is InChI=1S/C19H35N7OS/c1-16-22-23-17(24(16)4)14-21-18(26-10-13-28-19(2,3)15-26)20-6-5-7-25-8-11-27-12-9-25/h5-15H2,1-4H3,(H,20,21). The van der Waals surface area contributed by atoms with Crippen molar-refractivity contribution in [3.63, 3.8) is 0 Å². The summed E-state index contributed by atoms with van der Waals surface area (Å²) >= 11 is 2.04. The maximum Gasteiger partial charge on any atom is 0.194 e. The Morgan fingerprint density at radius 2 is 2.04 bits per heavy atom. The van der Waals surface area contributed by atoms with E-state index in [-0.39, 0.29) is 4.75 Å². The normalized spacial score (nSPS) is 21.1. The molecular weight excluding hydrogens is 374 g/mol. The molecule has 0 bridgehead atoms. The molecule has 0 aliphatic carbocycles. The summed E-state index contributed by atoms with van der Waals surface area (Å²) < 4.78 is 7.69. The lowest BCUT2D eigenvalue weighted by molar-refractivity contribution is 0.0375. The zero-order chi connectivity index (χ0) is 20.0. The van der Waals surface area contributed by atoms with Crippen LogP contribution in [0.3, 0.4) is 0 Å². The van der Waals surface area contributed by atoms with Gasteiger partial charge in [0.2, 0.25) is 0 Å². The van der Waals surface area contributed by atoms with Crippen molar-refractivity contribution >= 4 is 17.7 Å². The van der Waals surface area contributed by atoms with Gasteiger partial charge in [-0.1, -0.05) is 0 Å². The number of guanidine groups is 1. The van der Waals surface area contributed by atoms with Crippen LogP contribution in [-0.4, -0.2) is 93.5 Å². The number of hydrogen-bond donors (Lipinski definition) is 1. The fourth-order valence-electron chi connectivity index (χ4n) is 3.53. The zero-order valence-corrected chi connectivity index (χ0v) is 18.6. The van der Waals surface area contributed by atoms with Crippen molar-refractivity contribution in [1.82, 2.24) is 29.9 Å². The van der Waals surface area contributed by atoms with Gasteiger partial charge in [-0.15, -0.1) is 10.2 Å². The summed E-state index contributed by atoms with van der Waals surface area (Å²) in [6, 6.07) is 0. The summed E-state index contributed by atoms with van der Waals surface area (Å²) in [4.78, 5) is 9.78. The van der Waals surface area contributed by atoms with E-state index in [2.05, 4.69) is 39.2 Å². The molecule has 3 rings (SSSR count). The number of thioether (sulfide) groups is 1. The second kappa shape index (κ2) is 9.93. The van der Waals surface area contributed by atoms with Crippen molar-refractivity contribution in [3.05, 3.63) is 11.6 Å². The van der Waals surface area contributed by atoms with Crippen molar-refractivity contribution in [2.45, 2.75) is 38.5 Å². The number of hydrogen-bond acceptors (Lipinski definition) is 6. The lowest BCUT2D eigenvalue weighted by Crippen LogP contribution is -2.51. The Kier molecular flexibility index (Phi) is 7.59. The van der Waals surface area contributed by atoms with Gasteiger partial charge in [0.1, 0.15) is 12.4 Å². The first kappa shape index (κ1) is 21.4. The van der Waals surface area contributed by atoms with E-state index in [1.807, 2.05) is 30.3 Å². The second-order valence-electron chi connectivity index (χ2n) is 8.13. The van der Waals surface area contributed by atoms with Crippen LogP contribution in [0.1, 0.15) is 31.9 Å². The third-order valence-corrected chi connectivity index (χ3v) is 6.61. The number of aryl methyl sites for hydroxylation is 1. The van der Waals surface area contributed by atoms with E-state index in [0.29, 0.717) is 6.54 Å². The van der Waals surface area contributed by atoms with Crippen LogP contribution >= 0.6 is 11.8 Å². The monoisotopic (exact) mass is 409 g/mol. The zero-order valence-electron chi connectivity index (χ0n) is 17.8. The average molecular weight is 410 g/mol. The lowest BCUT2D eigenvalue weighted by Gasteiger charge is -2.39. The Balaban J connectivity index is 1.58. The van der Waals surface area contributed by atoms with Gasteiger partial charge in [0, 0.05) is 50.3 Å². The minimum Gasteiger partial charge on any atom is -0.379 e. The van der Waals surface area contributed by atoms with Gasteiger partial charge in [-0.25, -0.2) is 4.99 Å². The molecule has 3 heterocycles. The number of morpholine rings is 1. The molecule has 0 aromatic carbocycles. The van der Waals surface area contributed by atoms with Gasteiger partial charge >= 0.3 is 0 Å². The Labute approximate surface area is 173 Å². The van der Waals surface area contributed by atoms with Gasteiger partial charge in [-0.3, -0.25) is 4.90 Å². The first-order valence-electron chi connectivity index (χ1n) is 10.3. The highest BCUT2D eigenvalue weighted by atomic mass is 32.2. The summed E-state index contributed by atoms with van der Waals surface area (Å²) in [5.41, 5.74) is 0. The average Bonchev–Trinajstić information content (AvgIpc) is 2.99. The number of rotatable bonds is 6. The molecular formula is C19H35N7OS. The Bertz CT molecular complexity index is 655. The predicted octanol–water partition coefficient (Wildman–Crippen LogP) is 1.12. The van der Waals surface area contributed by atoms with E-state index in [1.54, 1.807) is 0 Å². The molecule has 1 aromatic rings. The fraction of sp³-hybridized carbons (Fsp3) is 0.842. The van der Waals surface area contributed by atoms with Crippen molar-refractivity contribution in [1.29, 1.82) is 0 Å². The van der Waals surface area contributed by atoms with Crippen LogP contribution in [-0.2, 0) is 18.3 Å². The number of ether oxygens (including phenoxy) is 1. The van der Waals surface area contributed by atoms with Crippen LogP contribution in [0.5, 0.6) is 0 Å². The minimum absolute atomic E-state index is 0.246. The maximum atomic E-state index is 5.43. The van der Waals surface area contributed by atoms with E-state index in [1.165, 1.54) is 0 Å². The van der Waals surface area contributed by atoms with Crippen LogP contribution in [0.15, 0.2) is 4.99 Å². The minimum atomic E-state index is 0.246. The Morgan fingerprint density at radius 1 is 1.25 bits per heavy atom. The number of aromatic nitrogens is 3. The molecule has 1 aromatic heterocycles. The first-order valence-corrected chi connectivity index (χ1v) is 11.3. The number of nitrogens with one attached hydrogen (secondary N) is 1. The lowest BCUT2D eigenvalue weighted by atomic mass is 10.2. The van der Waals surface area contributed by atoms with Crippen molar-refractivity contribution in [2.24, 2.45) is 12.0 Å². The molecule has 9 heteroatoms. The molecule has 2 aliphatic heterocycles. The molecule has 28 heavy (non-hydrogen) atoms. The molecule has 1 N–H and O–H groups in total. The summed E-state index contributed by atoms with van der Waals surface area (Å²) in [6.07, 6.45) is 1.11. The third kappa shape index (κ3) is 6.09. The highest BCUT2D eigenvalue weighted by molar-refractivity contribution is 8.00. The second-order valence-corrected chi connectivity index (χ2v) is 9.93. The topological polar surface area (TPSA) is 70.8 Å². The molecule has 8 nitrogen and oxygen atoms in total. The molecule has 0 radical (unpaired) electrons. The molecule has 2 aliphatic rings. The number of aliphatic imine (C=N–C) groups is 1. The van der Waals surface area contributed by atoms with E-state index >= 15 is 0 Å². The van der Waals surface area contributed by atoms with Crippen LogP contribution in [0.25, 0.3) is 0 Å². The number of nitrogens with zero attached hydrogens (tertiary/aromatic N) is 6. The smallest absolute Gasteiger partial charge is 0.194 e. The molecule has 0 unspecified atom stereocenters. The SMILES string of the molecule is Cc1nnc(CN=C(NCCCN2CCOCC2)N2CCSC(C)(C)C2)n1C. The largest absolute Gasteiger partial charge is 0.379 e. The fourth-order valence-corrected chi connectivity index (χ4v) is 4.64. The highest BCUT2D eigenvalue weighted by Gasteiger charge is 2.28. The molecule has 158 valence electrons. The van der Waals surface area contributed by atoms with Gasteiger partial charge in [0.15, 0.2) is 11.8 Å². The van der Waals surface area contributed by atoms with E-state index < -0.39 is 0 Å². The van der Waals surface area contributed by atoms with Crippen molar-refractivity contribution in [3.8, 4) is 0 Å². The van der Waals surface area contributed by atoms with Crippen LogP contribution < -0.4 is 5.32 Å². The van der Waals surface area contributed by atoms with E-state index in [9.17, 15) is 0 Å². The molecule has 0 spiro atoms. The maximum absolute atomic E-state index is 5.43. The van der Waals surface area contributed by atoms with Gasteiger partial charge in [0.05, 0.1) is 13.2 Å². The molecule has 2 saturated heterocycles. The molecule has 0 amide bonds. The van der Waals surface area contributed by atoms with E-state index in [4.69, 9.17) is 9.73 Å². The van der Waals surface area contributed by atoms with Crippen LogP contribution in [0.2, 0.25) is 0 Å². The summed E-state index contributed by atoms with van der Waals surface area (Å²) in [5.74, 6) is 3.94. The molecule has 0 atom stereocenters. The van der Waals surface area contributed by atoms with Crippen LogP contribution in [0.4, 0.5) is 0 Å². The van der Waals surface area contributed by atoms with Crippen molar-refractivity contribution in [2.75, 3.05) is 58.2 Å². The van der Waals surface area contributed by atoms with Gasteiger partial charge in [0.25, 0.3) is 0 Å². The first-order chi connectivity index (χ1) is 13.4. The Morgan fingerprint density at radius 3 is 2.71 bits per heavy atom.